The molecular weight excluding hydrogens is 496 g/mol. The van der Waals surface area contributed by atoms with E-state index in [2.05, 4.69) is 0 Å². The Morgan fingerprint density at radius 1 is 0.543 bits per heavy atom. The van der Waals surface area contributed by atoms with E-state index < -0.39 is 23.9 Å². The zero-order valence-electron chi connectivity index (χ0n) is 21.9. The van der Waals surface area contributed by atoms with Crippen LogP contribution >= 0.6 is 0 Å². The molecule has 11 heteroatoms. The molecule has 0 heterocycles. The third-order valence-corrected chi connectivity index (χ3v) is 3.58. The summed E-state index contributed by atoms with van der Waals surface area (Å²) in [4.78, 5) is 41.2. The molecule has 0 aliphatic heterocycles. The smallest absolute Gasteiger partial charge is 0.854 e. The maximum Gasteiger partial charge on any atom is 4.00 e. The molecule has 0 saturated heterocycles. The van der Waals surface area contributed by atoms with Gasteiger partial charge in [0.15, 0.2) is 0 Å². The SMILES string of the molecule is CCCCOC(=O)CCC(=O)[O-].CCCCOC(=O)CCC(=O)[O-].CCCC[O-].CCCC[O-].[Ti+4]. The molecular formula is C24H44O10Ti. The van der Waals surface area contributed by atoms with Crippen LogP contribution in [0, 0.1) is 0 Å². The van der Waals surface area contributed by atoms with Crippen LogP contribution in [0.25, 0.3) is 0 Å². The van der Waals surface area contributed by atoms with Gasteiger partial charge >= 0.3 is 33.7 Å². The van der Waals surface area contributed by atoms with Gasteiger partial charge in [0.05, 0.1) is 26.1 Å². The molecule has 0 rings (SSSR count). The van der Waals surface area contributed by atoms with E-state index in [4.69, 9.17) is 9.47 Å². The number of aliphatic carboxylic acids is 2. The van der Waals surface area contributed by atoms with Gasteiger partial charge in [0.1, 0.15) is 0 Å². The summed E-state index contributed by atoms with van der Waals surface area (Å²) in [6.07, 6.45) is 6.57. The van der Waals surface area contributed by atoms with Crippen molar-refractivity contribution in [3.8, 4) is 0 Å². The summed E-state index contributed by atoms with van der Waals surface area (Å²) in [5.41, 5.74) is 0. The standard InChI is InChI=1S/2C8H14O4.2C4H9O.Ti/c2*1-2-3-6-12-8(11)5-4-7(9)10;2*1-2-3-4-5;/h2*2-6H2,1H3,(H,9,10);2*2-4H2,1H3;/q;;2*-1;+4/p-2. The summed E-state index contributed by atoms with van der Waals surface area (Å²) in [6, 6.07) is 0. The second kappa shape index (κ2) is 39.7. The minimum atomic E-state index is -1.22. The quantitative estimate of drug-likeness (QED) is 0.147. The van der Waals surface area contributed by atoms with E-state index in [9.17, 15) is 39.6 Å². The fraction of sp³-hybridized carbons (Fsp3) is 0.833. The van der Waals surface area contributed by atoms with Crippen LogP contribution in [0.1, 0.15) is 105 Å². The Bertz CT molecular complexity index is 427. The van der Waals surface area contributed by atoms with Crippen LogP contribution in [0.4, 0.5) is 0 Å². The molecule has 0 bridgehead atoms. The molecule has 0 unspecified atom stereocenters. The first-order valence-electron chi connectivity index (χ1n) is 12.0. The van der Waals surface area contributed by atoms with Gasteiger partial charge in [-0.25, -0.2) is 0 Å². The fourth-order valence-electron chi connectivity index (χ4n) is 1.50. The van der Waals surface area contributed by atoms with Gasteiger partial charge in [0, 0.05) is 11.9 Å². The van der Waals surface area contributed by atoms with Crippen molar-refractivity contribution in [2.45, 2.75) is 105 Å². The van der Waals surface area contributed by atoms with E-state index in [1.165, 1.54) is 0 Å². The van der Waals surface area contributed by atoms with E-state index in [0.717, 1.165) is 51.4 Å². The van der Waals surface area contributed by atoms with Crippen molar-refractivity contribution in [2.24, 2.45) is 0 Å². The van der Waals surface area contributed by atoms with E-state index in [1.807, 2.05) is 27.7 Å². The van der Waals surface area contributed by atoms with Gasteiger partial charge in [-0.3, -0.25) is 9.59 Å². The molecule has 0 aromatic rings. The summed E-state index contributed by atoms with van der Waals surface area (Å²) < 4.78 is 9.41. The molecule has 35 heavy (non-hydrogen) atoms. The minimum Gasteiger partial charge on any atom is -0.854 e. The molecule has 0 saturated carbocycles. The zero-order valence-corrected chi connectivity index (χ0v) is 23.5. The van der Waals surface area contributed by atoms with Crippen molar-refractivity contribution >= 4 is 23.9 Å². The van der Waals surface area contributed by atoms with Gasteiger partial charge in [-0.05, 0) is 25.7 Å². The third kappa shape index (κ3) is 59.7. The van der Waals surface area contributed by atoms with Crippen LogP contribution in [-0.4, -0.2) is 50.3 Å². The first-order chi connectivity index (χ1) is 16.2. The molecule has 0 atom stereocenters. The van der Waals surface area contributed by atoms with Crippen molar-refractivity contribution < 1.29 is 70.8 Å². The molecule has 0 aliphatic carbocycles. The second-order valence-electron chi connectivity index (χ2n) is 7.01. The van der Waals surface area contributed by atoms with Crippen molar-refractivity contribution in [1.29, 1.82) is 0 Å². The molecule has 0 radical (unpaired) electrons. The topological polar surface area (TPSA) is 179 Å². The largest absolute Gasteiger partial charge is 4.00 e. The minimum absolute atomic E-state index is 0. The molecule has 10 nitrogen and oxygen atoms in total. The number of hydrogen-bond donors (Lipinski definition) is 0. The first kappa shape index (κ1) is 43.6. The molecule has 0 N–H and O–H groups in total. The molecule has 0 fully saturated rings. The van der Waals surface area contributed by atoms with Crippen molar-refractivity contribution in [3.63, 3.8) is 0 Å². The van der Waals surface area contributed by atoms with Crippen LogP contribution in [-0.2, 0) is 50.4 Å². The number of carbonyl (C=O) groups excluding carboxylic acids is 4. The van der Waals surface area contributed by atoms with E-state index in [0.29, 0.717) is 13.2 Å². The number of hydrogen-bond acceptors (Lipinski definition) is 10. The number of unbranched alkanes of at least 4 members (excludes halogenated alkanes) is 4. The zero-order chi connectivity index (χ0) is 27.0. The number of esters is 2. The van der Waals surface area contributed by atoms with Crippen molar-refractivity contribution in [3.05, 3.63) is 0 Å². The fourth-order valence-corrected chi connectivity index (χ4v) is 1.50. The van der Waals surface area contributed by atoms with Crippen LogP contribution in [0.2, 0.25) is 0 Å². The Morgan fingerprint density at radius 3 is 1.00 bits per heavy atom. The van der Waals surface area contributed by atoms with Crippen LogP contribution in [0.15, 0.2) is 0 Å². The van der Waals surface area contributed by atoms with E-state index in [1.54, 1.807) is 0 Å². The maximum atomic E-state index is 10.7. The Labute approximate surface area is 225 Å². The summed E-state index contributed by atoms with van der Waals surface area (Å²) in [5.74, 6) is -3.37. The molecule has 204 valence electrons. The number of ether oxygens (including phenoxy) is 2. The van der Waals surface area contributed by atoms with Gasteiger partial charge < -0.3 is 39.5 Å². The van der Waals surface area contributed by atoms with Gasteiger partial charge in [0.2, 0.25) is 0 Å². The van der Waals surface area contributed by atoms with Crippen LogP contribution in [0.5, 0.6) is 0 Å². The molecule has 0 aromatic carbocycles. The van der Waals surface area contributed by atoms with E-state index >= 15 is 0 Å². The van der Waals surface area contributed by atoms with Crippen molar-refractivity contribution in [1.82, 2.24) is 0 Å². The molecule has 0 aromatic heterocycles. The Kier molecular flexibility index (Phi) is 49.4. The average Bonchev–Trinajstić information content (AvgIpc) is 2.79. The number of carbonyl (C=O) groups is 4. The predicted octanol–water partition coefficient (Wildman–Crippen LogP) is 0.0107. The monoisotopic (exact) mass is 540 g/mol. The molecule has 0 amide bonds. The van der Waals surface area contributed by atoms with Gasteiger partial charge in [0.25, 0.3) is 0 Å². The average molecular weight is 540 g/mol. The summed E-state index contributed by atoms with van der Waals surface area (Å²) in [6.45, 7) is 8.93. The number of carboxylic acids is 2. The van der Waals surface area contributed by atoms with Gasteiger partial charge in [-0.2, -0.15) is 0 Å². The Morgan fingerprint density at radius 2 is 0.829 bits per heavy atom. The number of rotatable bonds is 16. The van der Waals surface area contributed by atoms with Crippen molar-refractivity contribution in [2.75, 3.05) is 26.4 Å². The van der Waals surface area contributed by atoms with Crippen LogP contribution in [0.3, 0.4) is 0 Å². The molecule has 0 aliphatic rings. The molecule has 0 spiro atoms. The summed E-state index contributed by atoms with van der Waals surface area (Å²) >= 11 is 0. The summed E-state index contributed by atoms with van der Waals surface area (Å²) in [7, 11) is 0. The maximum absolute atomic E-state index is 10.7. The van der Waals surface area contributed by atoms with Gasteiger partial charge in [-0.1, -0.05) is 66.2 Å². The summed E-state index contributed by atoms with van der Waals surface area (Å²) in [5, 5.41) is 38.9. The second-order valence-corrected chi connectivity index (χ2v) is 7.01. The third-order valence-electron chi connectivity index (χ3n) is 3.58. The number of carboxylic acid groups (broad SMARTS) is 2. The first-order valence-corrected chi connectivity index (χ1v) is 12.0. The normalized spacial score (nSPS) is 8.86. The Hall–Kier alpha value is -1.49. The van der Waals surface area contributed by atoms with E-state index in [-0.39, 0.29) is 60.6 Å². The van der Waals surface area contributed by atoms with Gasteiger partial charge in [-0.15, -0.1) is 13.2 Å². The van der Waals surface area contributed by atoms with Crippen LogP contribution < -0.4 is 20.4 Å². The predicted molar refractivity (Wildman–Crippen MR) is 120 cm³/mol. The Balaban J connectivity index is -0.000000122.